The molecule has 2 aliphatic carbocycles. The first-order valence-electron chi connectivity index (χ1n) is 14.5. The maximum atomic E-state index is 13.2. The number of sulfonamides is 1. The van der Waals surface area contributed by atoms with Crippen molar-refractivity contribution in [3.05, 3.63) is 70.3 Å². The third kappa shape index (κ3) is 5.74. The van der Waals surface area contributed by atoms with Crippen LogP contribution in [0.2, 0.25) is 5.02 Å². The van der Waals surface area contributed by atoms with Crippen LogP contribution in [0.1, 0.15) is 53.6 Å². The summed E-state index contributed by atoms with van der Waals surface area (Å²) < 4.78 is 34.4. The molecule has 4 aliphatic rings. The first-order chi connectivity index (χ1) is 19.7. The number of hydrogen-bond acceptors (Lipinski definition) is 7. The van der Waals surface area contributed by atoms with Gasteiger partial charge in [-0.25, -0.2) is 13.1 Å². The number of nitrogens with zero attached hydrogens (tertiary/aromatic N) is 1. The van der Waals surface area contributed by atoms with E-state index in [2.05, 4.69) is 21.8 Å². The van der Waals surface area contributed by atoms with Crippen LogP contribution in [0.15, 0.2) is 48.6 Å². The number of carbonyl (C=O) groups is 1. The molecule has 1 saturated carbocycles. The molecule has 41 heavy (non-hydrogen) atoms. The number of hydrogen-bond donors (Lipinski definition) is 3. The van der Waals surface area contributed by atoms with Gasteiger partial charge in [-0.1, -0.05) is 29.8 Å². The molecule has 0 radical (unpaired) electrons. The summed E-state index contributed by atoms with van der Waals surface area (Å²) >= 11 is 6.36. The van der Waals surface area contributed by atoms with Crippen LogP contribution in [0.3, 0.4) is 0 Å². The fourth-order valence-electron chi connectivity index (χ4n) is 7.11. The summed E-state index contributed by atoms with van der Waals surface area (Å²) in [6.07, 6.45) is 7.93. The molecule has 2 aliphatic heterocycles. The predicted octanol–water partition coefficient (Wildman–Crippen LogP) is 3.83. The van der Waals surface area contributed by atoms with Crippen molar-refractivity contribution in [2.75, 3.05) is 37.0 Å². The van der Waals surface area contributed by atoms with Gasteiger partial charge in [-0.15, -0.1) is 0 Å². The van der Waals surface area contributed by atoms with E-state index in [9.17, 15) is 23.4 Å². The number of aliphatic hydroxyl groups is 2. The molecule has 8 nitrogen and oxygen atoms in total. The monoisotopic (exact) mass is 600 g/mol. The van der Waals surface area contributed by atoms with E-state index in [0.717, 1.165) is 42.8 Å². The highest BCUT2D eigenvalue weighted by molar-refractivity contribution is 7.90. The molecule has 0 unspecified atom stereocenters. The van der Waals surface area contributed by atoms with Crippen LogP contribution in [0, 0.1) is 17.8 Å². The summed E-state index contributed by atoms with van der Waals surface area (Å²) in [6.45, 7) is 1.49. The van der Waals surface area contributed by atoms with Crippen molar-refractivity contribution >= 4 is 33.2 Å². The van der Waals surface area contributed by atoms with Gasteiger partial charge in [-0.05, 0) is 91.8 Å². The number of nitrogens with one attached hydrogen (secondary N) is 1. The zero-order valence-electron chi connectivity index (χ0n) is 23.0. The normalized spacial score (nSPS) is 32.0. The Morgan fingerprint density at radius 3 is 2.80 bits per heavy atom. The molecule has 1 fully saturated rings. The van der Waals surface area contributed by atoms with Crippen LogP contribution < -0.4 is 14.4 Å². The van der Waals surface area contributed by atoms with E-state index in [4.69, 9.17) is 16.3 Å². The smallest absolute Gasteiger partial charge is 0.264 e. The Bertz CT molecular complexity index is 1460. The number of rotatable bonds is 1. The van der Waals surface area contributed by atoms with Crippen molar-refractivity contribution in [3.8, 4) is 5.75 Å². The van der Waals surface area contributed by atoms with E-state index in [1.807, 2.05) is 6.07 Å². The Balaban J connectivity index is 1.41. The standard InChI is InChI=1S/C31H37ClN2O6S/c32-24-8-10-26-21(13-24)4-2-12-31(26)18-34-15-23-6-9-25(23)28(36)5-1-3-20(16-35)17-41(38,39)33-30(37)22-7-11-29(40-19-31)27(34)14-22/h1,5,7-8,10-11,13-14,20,23,25,28,35-36H,2-4,6,9,12,15-19H2,(H,33,37)/b5-1+/t20-,23-,25+,28+,31-/m0/s1. The van der Waals surface area contributed by atoms with E-state index in [1.165, 1.54) is 11.1 Å². The summed E-state index contributed by atoms with van der Waals surface area (Å²) in [5.41, 5.74) is 3.18. The van der Waals surface area contributed by atoms with Crippen LogP contribution in [0.4, 0.5) is 5.69 Å². The van der Waals surface area contributed by atoms with Crippen LogP contribution in [-0.4, -0.2) is 62.7 Å². The zero-order valence-corrected chi connectivity index (χ0v) is 24.5. The number of allylic oxidation sites excluding steroid dienone is 1. The largest absolute Gasteiger partial charge is 0.490 e. The molecule has 2 bridgehead atoms. The Labute approximate surface area is 246 Å². The number of fused-ring (bicyclic) bond motifs is 4. The molecule has 2 heterocycles. The molecular formula is C31H37ClN2O6S. The van der Waals surface area contributed by atoms with Gasteiger partial charge in [0.2, 0.25) is 10.0 Å². The first kappa shape index (κ1) is 28.5. The third-order valence-electron chi connectivity index (χ3n) is 9.43. The van der Waals surface area contributed by atoms with E-state index in [-0.39, 0.29) is 35.8 Å². The van der Waals surface area contributed by atoms with Crippen LogP contribution in [-0.2, 0) is 21.9 Å². The lowest BCUT2D eigenvalue weighted by Gasteiger charge is -2.45. The van der Waals surface area contributed by atoms with E-state index >= 15 is 0 Å². The predicted molar refractivity (Wildman–Crippen MR) is 158 cm³/mol. The number of aliphatic hydroxyl groups excluding tert-OH is 2. The molecule has 2 aromatic carbocycles. The molecule has 3 N–H and O–H groups in total. The topological polar surface area (TPSA) is 116 Å². The lowest BCUT2D eigenvalue weighted by molar-refractivity contribution is 0.0455. The second-order valence-electron chi connectivity index (χ2n) is 12.2. The fraction of sp³-hybridized carbons (Fsp3) is 0.516. The van der Waals surface area contributed by atoms with Gasteiger partial charge in [0.05, 0.1) is 24.2 Å². The number of halogens is 1. The van der Waals surface area contributed by atoms with Crippen molar-refractivity contribution < 1.29 is 28.2 Å². The lowest BCUT2D eigenvalue weighted by atomic mass is 9.68. The number of carbonyl (C=O) groups excluding carboxylic acids is 1. The van der Waals surface area contributed by atoms with Gasteiger partial charge in [0.1, 0.15) is 5.75 Å². The van der Waals surface area contributed by atoms with Gasteiger partial charge in [0.15, 0.2) is 0 Å². The van der Waals surface area contributed by atoms with Gasteiger partial charge in [0, 0.05) is 41.6 Å². The maximum Gasteiger partial charge on any atom is 0.264 e. The summed E-state index contributed by atoms with van der Waals surface area (Å²) in [5, 5.41) is 21.5. The maximum absolute atomic E-state index is 13.2. The van der Waals surface area contributed by atoms with Crippen LogP contribution in [0.5, 0.6) is 5.75 Å². The number of amides is 1. The fourth-order valence-corrected chi connectivity index (χ4v) is 8.65. The van der Waals surface area contributed by atoms with Gasteiger partial charge < -0.3 is 19.8 Å². The van der Waals surface area contributed by atoms with Crippen molar-refractivity contribution in [2.45, 2.75) is 50.0 Å². The van der Waals surface area contributed by atoms with Gasteiger partial charge in [-0.2, -0.15) is 0 Å². The van der Waals surface area contributed by atoms with Gasteiger partial charge in [0.25, 0.3) is 5.91 Å². The van der Waals surface area contributed by atoms with Gasteiger partial charge in [-0.3, -0.25) is 4.79 Å². The lowest BCUT2D eigenvalue weighted by Crippen LogP contribution is -2.49. The second kappa shape index (κ2) is 11.2. The molecular weight excluding hydrogens is 564 g/mol. The minimum Gasteiger partial charge on any atom is -0.490 e. The van der Waals surface area contributed by atoms with Crippen molar-refractivity contribution in [1.29, 1.82) is 0 Å². The molecule has 1 amide bonds. The molecule has 220 valence electrons. The number of aryl methyl sites for hydroxylation is 1. The number of anilines is 1. The van der Waals surface area contributed by atoms with E-state index in [0.29, 0.717) is 25.4 Å². The molecule has 6 rings (SSSR count). The minimum atomic E-state index is -4.00. The third-order valence-corrected chi connectivity index (χ3v) is 11.1. The molecule has 0 aromatic heterocycles. The molecule has 0 saturated heterocycles. The summed E-state index contributed by atoms with van der Waals surface area (Å²) in [4.78, 5) is 15.5. The van der Waals surface area contributed by atoms with E-state index < -0.39 is 33.7 Å². The molecule has 1 spiro atoms. The Morgan fingerprint density at radius 1 is 1.17 bits per heavy atom. The summed E-state index contributed by atoms with van der Waals surface area (Å²) in [5.74, 6) is -0.725. The van der Waals surface area contributed by atoms with Crippen molar-refractivity contribution in [3.63, 3.8) is 0 Å². The van der Waals surface area contributed by atoms with Crippen LogP contribution in [0.25, 0.3) is 0 Å². The SMILES string of the molecule is O=C1NS(=O)(=O)C[C@H](CO)C/C=C/[C@@H](O)[C@@H]2CC[C@H]2CN2C[C@@]3(CCCc4cc(Cl)ccc43)COc3ccc1cc32. The number of benzene rings is 2. The summed E-state index contributed by atoms with van der Waals surface area (Å²) in [7, 11) is -4.00. The van der Waals surface area contributed by atoms with Crippen molar-refractivity contribution in [2.24, 2.45) is 17.8 Å². The summed E-state index contributed by atoms with van der Waals surface area (Å²) in [6, 6.07) is 11.2. The highest BCUT2D eigenvalue weighted by atomic mass is 35.5. The molecule has 10 heteroatoms. The Hall–Kier alpha value is -2.59. The first-order valence-corrected chi connectivity index (χ1v) is 16.5. The second-order valence-corrected chi connectivity index (χ2v) is 14.4. The Kier molecular flexibility index (Phi) is 7.82. The highest BCUT2D eigenvalue weighted by Gasteiger charge is 2.44. The van der Waals surface area contributed by atoms with Crippen LogP contribution >= 0.6 is 11.6 Å². The Morgan fingerprint density at radius 2 is 2.02 bits per heavy atom. The quantitative estimate of drug-likeness (QED) is 0.426. The zero-order chi connectivity index (χ0) is 28.8. The van der Waals surface area contributed by atoms with Crippen molar-refractivity contribution in [1.82, 2.24) is 4.72 Å². The van der Waals surface area contributed by atoms with Gasteiger partial charge >= 0.3 is 0 Å². The molecule has 5 atom stereocenters. The van der Waals surface area contributed by atoms with E-state index in [1.54, 1.807) is 30.4 Å². The number of ether oxygens (including phenoxy) is 1. The average molecular weight is 601 g/mol. The minimum absolute atomic E-state index is 0.0722. The highest BCUT2D eigenvalue weighted by Crippen LogP contribution is 2.46. The average Bonchev–Trinajstić information content (AvgIpc) is 3.06. The molecule has 2 aromatic rings.